The Morgan fingerprint density at radius 3 is 2.79 bits per heavy atom. The second-order valence-electron chi connectivity index (χ2n) is 3.51. The van der Waals surface area contributed by atoms with Gasteiger partial charge in [0.25, 0.3) is 0 Å². The first-order valence-corrected chi connectivity index (χ1v) is 5.04. The normalized spacial score (nSPS) is 20.6. The van der Waals surface area contributed by atoms with Crippen LogP contribution in [0.4, 0.5) is 0 Å². The largest absolute Gasteiger partial charge is 0.367 e. The van der Waals surface area contributed by atoms with E-state index in [1.54, 1.807) is 6.92 Å². The zero-order chi connectivity index (χ0) is 10.4. The average Bonchev–Trinajstić information content (AvgIpc) is 2.19. The highest BCUT2D eigenvalue weighted by molar-refractivity contribution is 5.78. The Kier molecular flexibility index (Phi) is 4.86. The molecular formula is C9H19N3O2. The third-order valence-corrected chi connectivity index (χ3v) is 2.39. The van der Waals surface area contributed by atoms with Crippen molar-refractivity contribution in [3.05, 3.63) is 0 Å². The highest BCUT2D eigenvalue weighted by atomic mass is 16.5. The Labute approximate surface area is 84.6 Å². The lowest BCUT2D eigenvalue weighted by Gasteiger charge is -2.27. The summed E-state index contributed by atoms with van der Waals surface area (Å²) >= 11 is 0. The maximum atomic E-state index is 10.7. The summed E-state index contributed by atoms with van der Waals surface area (Å²) in [4.78, 5) is 13.0. The summed E-state index contributed by atoms with van der Waals surface area (Å²) in [5.41, 5.74) is 5.07. The van der Waals surface area contributed by atoms with Crippen LogP contribution < -0.4 is 11.1 Å². The number of primary amides is 1. The Bertz CT molecular complexity index is 181. The first kappa shape index (κ1) is 11.4. The van der Waals surface area contributed by atoms with Gasteiger partial charge in [-0.1, -0.05) is 0 Å². The summed E-state index contributed by atoms with van der Waals surface area (Å²) in [5.74, 6) is -0.398. The summed E-state index contributed by atoms with van der Waals surface area (Å²) in [7, 11) is 0. The van der Waals surface area contributed by atoms with E-state index in [0.29, 0.717) is 6.61 Å². The molecule has 1 atom stereocenters. The Hall–Kier alpha value is -0.650. The Morgan fingerprint density at radius 2 is 2.21 bits per heavy atom. The molecule has 0 aromatic carbocycles. The molecule has 0 aromatic heterocycles. The SMILES string of the molecule is CC(OCCN1CCNCC1)C(N)=O. The van der Waals surface area contributed by atoms with Crippen molar-refractivity contribution in [1.29, 1.82) is 0 Å². The van der Waals surface area contributed by atoms with Crippen molar-refractivity contribution < 1.29 is 9.53 Å². The monoisotopic (exact) mass is 201 g/mol. The summed E-state index contributed by atoms with van der Waals surface area (Å²) in [5, 5.41) is 3.28. The maximum Gasteiger partial charge on any atom is 0.246 e. The fourth-order valence-electron chi connectivity index (χ4n) is 1.38. The molecule has 1 unspecified atom stereocenters. The van der Waals surface area contributed by atoms with E-state index < -0.39 is 12.0 Å². The van der Waals surface area contributed by atoms with Crippen molar-refractivity contribution in [3.63, 3.8) is 0 Å². The molecule has 1 aliphatic heterocycles. The minimum Gasteiger partial charge on any atom is -0.367 e. The first-order chi connectivity index (χ1) is 6.70. The van der Waals surface area contributed by atoms with Crippen LogP contribution in [-0.4, -0.2) is 56.2 Å². The van der Waals surface area contributed by atoms with E-state index in [1.807, 2.05) is 0 Å². The van der Waals surface area contributed by atoms with Crippen LogP contribution in [0.15, 0.2) is 0 Å². The zero-order valence-electron chi connectivity index (χ0n) is 8.66. The van der Waals surface area contributed by atoms with Crippen LogP contribution in [0, 0.1) is 0 Å². The van der Waals surface area contributed by atoms with Crippen molar-refractivity contribution in [1.82, 2.24) is 10.2 Å². The molecule has 0 radical (unpaired) electrons. The Morgan fingerprint density at radius 1 is 1.57 bits per heavy atom. The minimum absolute atomic E-state index is 0.398. The van der Waals surface area contributed by atoms with Crippen LogP contribution in [-0.2, 0) is 9.53 Å². The lowest BCUT2D eigenvalue weighted by molar-refractivity contribution is -0.128. The number of rotatable bonds is 5. The summed E-state index contributed by atoms with van der Waals surface area (Å²) < 4.78 is 5.27. The molecule has 82 valence electrons. The molecule has 0 aliphatic carbocycles. The average molecular weight is 201 g/mol. The molecule has 1 amide bonds. The summed E-state index contributed by atoms with van der Waals surface area (Å²) in [6, 6.07) is 0. The van der Waals surface area contributed by atoms with Crippen LogP contribution in [0.1, 0.15) is 6.92 Å². The van der Waals surface area contributed by atoms with Crippen LogP contribution in [0.3, 0.4) is 0 Å². The van der Waals surface area contributed by atoms with E-state index in [4.69, 9.17) is 10.5 Å². The van der Waals surface area contributed by atoms with Crippen molar-refractivity contribution in [2.24, 2.45) is 5.73 Å². The van der Waals surface area contributed by atoms with Gasteiger partial charge in [0.05, 0.1) is 6.61 Å². The molecule has 14 heavy (non-hydrogen) atoms. The number of ether oxygens (including phenoxy) is 1. The molecule has 0 bridgehead atoms. The molecule has 1 fully saturated rings. The van der Waals surface area contributed by atoms with Gasteiger partial charge in [0, 0.05) is 32.7 Å². The molecule has 1 rings (SSSR count). The standard InChI is InChI=1S/C9H19N3O2/c1-8(9(10)13)14-7-6-12-4-2-11-3-5-12/h8,11H,2-7H2,1H3,(H2,10,13). The fraction of sp³-hybridized carbons (Fsp3) is 0.889. The maximum absolute atomic E-state index is 10.7. The van der Waals surface area contributed by atoms with Gasteiger partial charge in [-0.05, 0) is 6.92 Å². The van der Waals surface area contributed by atoms with Crippen LogP contribution >= 0.6 is 0 Å². The minimum atomic E-state index is -0.474. The quantitative estimate of drug-likeness (QED) is 0.585. The van der Waals surface area contributed by atoms with E-state index in [0.717, 1.165) is 32.7 Å². The molecule has 5 heteroatoms. The summed E-state index contributed by atoms with van der Waals surface area (Å²) in [6.07, 6.45) is -0.474. The topological polar surface area (TPSA) is 67.6 Å². The summed E-state index contributed by atoms with van der Waals surface area (Å²) in [6.45, 7) is 7.29. The number of hydrogen-bond donors (Lipinski definition) is 2. The lowest BCUT2D eigenvalue weighted by atomic mass is 10.3. The van der Waals surface area contributed by atoms with E-state index in [1.165, 1.54) is 0 Å². The molecule has 1 heterocycles. The van der Waals surface area contributed by atoms with Gasteiger partial charge in [0.2, 0.25) is 5.91 Å². The highest BCUT2D eigenvalue weighted by Gasteiger charge is 2.11. The smallest absolute Gasteiger partial charge is 0.246 e. The molecule has 0 spiro atoms. The van der Waals surface area contributed by atoms with Crippen molar-refractivity contribution in [2.45, 2.75) is 13.0 Å². The molecule has 1 saturated heterocycles. The van der Waals surface area contributed by atoms with Crippen molar-refractivity contribution in [2.75, 3.05) is 39.3 Å². The van der Waals surface area contributed by atoms with Gasteiger partial charge in [0.15, 0.2) is 0 Å². The second-order valence-corrected chi connectivity index (χ2v) is 3.51. The molecule has 3 N–H and O–H groups in total. The lowest BCUT2D eigenvalue weighted by Crippen LogP contribution is -2.45. The number of nitrogens with two attached hydrogens (primary N) is 1. The van der Waals surface area contributed by atoms with Gasteiger partial charge < -0.3 is 15.8 Å². The highest BCUT2D eigenvalue weighted by Crippen LogP contribution is 1.94. The van der Waals surface area contributed by atoms with Crippen LogP contribution in [0.2, 0.25) is 0 Å². The molecule has 0 saturated carbocycles. The van der Waals surface area contributed by atoms with Gasteiger partial charge in [-0.25, -0.2) is 0 Å². The number of carbonyl (C=O) groups excluding carboxylic acids is 1. The van der Waals surface area contributed by atoms with Crippen molar-refractivity contribution in [3.8, 4) is 0 Å². The van der Waals surface area contributed by atoms with Crippen molar-refractivity contribution >= 4 is 5.91 Å². The first-order valence-electron chi connectivity index (χ1n) is 5.04. The predicted octanol–water partition coefficient (Wildman–Crippen LogP) is -1.22. The fourth-order valence-corrected chi connectivity index (χ4v) is 1.38. The van der Waals surface area contributed by atoms with E-state index in [2.05, 4.69) is 10.2 Å². The molecule has 1 aliphatic rings. The third-order valence-electron chi connectivity index (χ3n) is 2.39. The number of amides is 1. The van der Waals surface area contributed by atoms with Gasteiger partial charge >= 0.3 is 0 Å². The van der Waals surface area contributed by atoms with E-state index in [9.17, 15) is 4.79 Å². The van der Waals surface area contributed by atoms with Crippen LogP contribution in [0.5, 0.6) is 0 Å². The number of nitrogens with zero attached hydrogens (tertiary/aromatic N) is 1. The Balaban J connectivity index is 2.05. The number of nitrogens with one attached hydrogen (secondary N) is 1. The van der Waals surface area contributed by atoms with Gasteiger partial charge in [-0.15, -0.1) is 0 Å². The number of carbonyl (C=O) groups is 1. The number of piperazine rings is 1. The zero-order valence-corrected chi connectivity index (χ0v) is 8.66. The second kappa shape index (κ2) is 5.95. The molecule has 5 nitrogen and oxygen atoms in total. The third kappa shape index (κ3) is 4.04. The van der Waals surface area contributed by atoms with Gasteiger partial charge in [-0.3, -0.25) is 9.69 Å². The molecule has 0 aromatic rings. The van der Waals surface area contributed by atoms with E-state index in [-0.39, 0.29) is 0 Å². The van der Waals surface area contributed by atoms with Gasteiger partial charge in [0.1, 0.15) is 6.10 Å². The molecular weight excluding hydrogens is 182 g/mol. The number of hydrogen-bond acceptors (Lipinski definition) is 4. The van der Waals surface area contributed by atoms with Gasteiger partial charge in [-0.2, -0.15) is 0 Å². The predicted molar refractivity (Wildman–Crippen MR) is 53.9 cm³/mol. The van der Waals surface area contributed by atoms with Crippen LogP contribution in [0.25, 0.3) is 0 Å². The van der Waals surface area contributed by atoms with E-state index >= 15 is 0 Å².